The van der Waals surface area contributed by atoms with Crippen molar-refractivity contribution >= 4 is 46.4 Å². The number of nitrogens with one attached hydrogen (secondary N) is 2. The third-order valence-electron chi connectivity index (χ3n) is 4.82. The minimum Gasteiger partial charge on any atom is -0.493 e. The van der Waals surface area contributed by atoms with Crippen LogP contribution in [-0.2, 0) is 16.2 Å². The third-order valence-corrected chi connectivity index (χ3v) is 5.41. The minimum absolute atomic E-state index is 0.227. The second-order valence-corrected chi connectivity index (χ2v) is 8.19. The van der Waals surface area contributed by atoms with E-state index in [1.54, 1.807) is 55.5 Å². The minimum atomic E-state index is -0.883. The van der Waals surface area contributed by atoms with Gasteiger partial charge in [0.15, 0.2) is 11.5 Å². The zero-order valence-corrected chi connectivity index (χ0v) is 20.3. The molecule has 0 radical (unpaired) electrons. The molecule has 3 rings (SSSR count). The van der Waals surface area contributed by atoms with E-state index in [1.165, 1.54) is 7.11 Å². The fourth-order valence-electron chi connectivity index (χ4n) is 2.88. The van der Waals surface area contributed by atoms with Crippen molar-refractivity contribution in [1.82, 2.24) is 5.43 Å². The van der Waals surface area contributed by atoms with Crippen molar-refractivity contribution in [1.29, 1.82) is 0 Å². The molecule has 0 saturated heterocycles. The van der Waals surface area contributed by atoms with Gasteiger partial charge in [-0.05, 0) is 56.3 Å². The molecule has 0 saturated carbocycles. The largest absolute Gasteiger partial charge is 0.493 e. The standard InChI is InChI=1S/C25H23Cl2N3O4/c1-15-4-9-20(10-5-15)28-24(31)25(32)30-29-16(2)17-7-11-22(23(12-17)33-3)34-14-18-6-8-19(26)13-21(18)27/h4-13H,14H2,1-3H3,(H,28,31)(H,30,32)/b29-16+. The normalized spacial score (nSPS) is 11.0. The van der Waals surface area contributed by atoms with E-state index in [1.807, 2.05) is 19.1 Å². The van der Waals surface area contributed by atoms with Crippen molar-refractivity contribution in [3.63, 3.8) is 0 Å². The first-order chi connectivity index (χ1) is 16.3. The molecule has 34 heavy (non-hydrogen) atoms. The van der Waals surface area contributed by atoms with E-state index in [0.29, 0.717) is 38.5 Å². The lowest BCUT2D eigenvalue weighted by molar-refractivity contribution is -0.136. The van der Waals surface area contributed by atoms with Crippen LogP contribution in [0.15, 0.2) is 65.8 Å². The molecule has 9 heteroatoms. The van der Waals surface area contributed by atoms with Crippen LogP contribution in [0.4, 0.5) is 5.69 Å². The maximum atomic E-state index is 12.1. The quantitative estimate of drug-likeness (QED) is 0.260. The van der Waals surface area contributed by atoms with E-state index < -0.39 is 11.8 Å². The Morgan fingerprint density at radius 3 is 2.35 bits per heavy atom. The molecule has 3 aromatic carbocycles. The first-order valence-corrected chi connectivity index (χ1v) is 11.0. The van der Waals surface area contributed by atoms with Gasteiger partial charge in [0.2, 0.25) is 0 Å². The summed E-state index contributed by atoms with van der Waals surface area (Å²) in [6.45, 7) is 3.85. The zero-order valence-electron chi connectivity index (χ0n) is 18.8. The number of hydrazone groups is 1. The predicted octanol–water partition coefficient (Wildman–Crippen LogP) is 5.37. The van der Waals surface area contributed by atoms with Crippen LogP contribution in [0.1, 0.15) is 23.6 Å². The van der Waals surface area contributed by atoms with Gasteiger partial charge >= 0.3 is 11.8 Å². The lowest BCUT2D eigenvalue weighted by atomic mass is 10.1. The molecule has 0 aliphatic carbocycles. The summed E-state index contributed by atoms with van der Waals surface area (Å²) in [4.78, 5) is 24.2. The van der Waals surface area contributed by atoms with Crippen molar-refractivity contribution in [2.24, 2.45) is 5.10 Å². The number of carbonyl (C=O) groups is 2. The van der Waals surface area contributed by atoms with Gasteiger partial charge in [0, 0.05) is 26.9 Å². The highest BCUT2D eigenvalue weighted by molar-refractivity contribution is 6.39. The Hall–Kier alpha value is -3.55. The van der Waals surface area contributed by atoms with Gasteiger partial charge in [-0.2, -0.15) is 5.10 Å². The van der Waals surface area contributed by atoms with Crippen LogP contribution in [-0.4, -0.2) is 24.6 Å². The number of hydrogen-bond acceptors (Lipinski definition) is 5. The summed E-state index contributed by atoms with van der Waals surface area (Å²) < 4.78 is 11.3. The zero-order chi connectivity index (χ0) is 24.7. The Kier molecular flexibility index (Phi) is 8.51. The third kappa shape index (κ3) is 6.73. The highest BCUT2D eigenvalue weighted by Crippen LogP contribution is 2.30. The topological polar surface area (TPSA) is 89.0 Å². The summed E-state index contributed by atoms with van der Waals surface area (Å²) >= 11 is 12.1. The molecule has 0 bridgehead atoms. The van der Waals surface area contributed by atoms with Crippen LogP contribution >= 0.6 is 23.2 Å². The summed E-state index contributed by atoms with van der Waals surface area (Å²) in [5, 5.41) is 7.59. The average Bonchev–Trinajstić information content (AvgIpc) is 2.83. The molecular formula is C25H23Cl2N3O4. The van der Waals surface area contributed by atoms with Gasteiger partial charge < -0.3 is 14.8 Å². The molecule has 0 aliphatic heterocycles. The lowest BCUT2D eigenvalue weighted by Crippen LogP contribution is -2.32. The molecule has 0 aromatic heterocycles. The second kappa shape index (κ2) is 11.5. The number of halogens is 2. The fraction of sp³-hybridized carbons (Fsp3) is 0.160. The lowest BCUT2D eigenvalue weighted by Gasteiger charge is -2.13. The highest BCUT2D eigenvalue weighted by Gasteiger charge is 2.14. The number of aryl methyl sites for hydroxylation is 1. The summed E-state index contributed by atoms with van der Waals surface area (Å²) in [5.41, 5.74) is 5.75. The molecule has 0 atom stereocenters. The number of benzene rings is 3. The molecule has 176 valence electrons. The molecule has 0 aliphatic rings. The first-order valence-electron chi connectivity index (χ1n) is 10.2. The number of hydrogen-bond donors (Lipinski definition) is 2. The smallest absolute Gasteiger partial charge is 0.329 e. The fourth-order valence-corrected chi connectivity index (χ4v) is 3.34. The van der Waals surface area contributed by atoms with E-state index in [0.717, 1.165) is 11.1 Å². The van der Waals surface area contributed by atoms with E-state index in [9.17, 15) is 9.59 Å². The number of rotatable bonds is 7. The molecule has 7 nitrogen and oxygen atoms in total. The maximum absolute atomic E-state index is 12.1. The molecule has 2 amide bonds. The van der Waals surface area contributed by atoms with Crippen LogP contribution in [0, 0.1) is 6.92 Å². The Morgan fingerprint density at radius 1 is 0.941 bits per heavy atom. The number of amides is 2. The summed E-state index contributed by atoms with van der Waals surface area (Å²) in [6, 6.07) is 17.5. The van der Waals surface area contributed by atoms with Gasteiger partial charge in [-0.15, -0.1) is 0 Å². The summed E-state index contributed by atoms with van der Waals surface area (Å²) in [7, 11) is 1.52. The van der Waals surface area contributed by atoms with Crippen molar-refractivity contribution in [3.05, 3.63) is 87.4 Å². The summed E-state index contributed by atoms with van der Waals surface area (Å²) in [6.07, 6.45) is 0. The van der Waals surface area contributed by atoms with E-state index >= 15 is 0 Å². The van der Waals surface area contributed by atoms with Crippen LogP contribution in [0.2, 0.25) is 10.0 Å². The van der Waals surface area contributed by atoms with E-state index in [4.69, 9.17) is 32.7 Å². The molecular weight excluding hydrogens is 477 g/mol. The van der Waals surface area contributed by atoms with E-state index in [-0.39, 0.29) is 6.61 Å². The van der Waals surface area contributed by atoms with Crippen LogP contribution in [0.5, 0.6) is 11.5 Å². The number of ether oxygens (including phenoxy) is 2. The Balaban J connectivity index is 1.63. The van der Waals surface area contributed by atoms with Crippen LogP contribution in [0.3, 0.4) is 0 Å². The molecule has 0 spiro atoms. The average molecular weight is 500 g/mol. The van der Waals surface area contributed by atoms with E-state index in [2.05, 4.69) is 15.8 Å². The van der Waals surface area contributed by atoms with Gasteiger partial charge in [0.25, 0.3) is 0 Å². The van der Waals surface area contributed by atoms with Gasteiger partial charge in [0.05, 0.1) is 12.8 Å². The Morgan fingerprint density at radius 2 is 1.68 bits per heavy atom. The first kappa shape index (κ1) is 25.1. The van der Waals surface area contributed by atoms with Crippen molar-refractivity contribution < 1.29 is 19.1 Å². The Labute approximate surface area is 207 Å². The van der Waals surface area contributed by atoms with Gasteiger partial charge in [-0.1, -0.05) is 47.0 Å². The summed E-state index contributed by atoms with van der Waals surface area (Å²) in [5.74, 6) is -0.721. The SMILES string of the molecule is COc1cc(/C(C)=N/NC(=O)C(=O)Nc2ccc(C)cc2)ccc1OCc1ccc(Cl)cc1Cl. The predicted molar refractivity (Wildman–Crippen MR) is 134 cm³/mol. The van der Waals surface area contributed by atoms with Gasteiger partial charge in [-0.3, -0.25) is 9.59 Å². The number of carbonyl (C=O) groups excluding carboxylic acids is 2. The maximum Gasteiger partial charge on any atom is 0.329 e. The van der Waals surface area contributed by atoms with Crippen molar-refractivity contribution in [3.8, 4) is 11.5 Å². The van der Waals surface area contributed by atoms with Crippen molar-refractivity contribution in [2.45, 2.75) is 20.5 Å². The molecule has 0 fully saturated rings. The Bertz CT molecular complexity index is 1230. The second-order valence-electron chi connectivity index (χ2n) is 7.35. The molecule has 2 N–H and O–H groups in total. The monoisotopic (exact) mass is 499 g/mol. The van der Waals surface area contributed by atoms with Crippen LogP contribution < -0.4 is 20.2 Å². The number of nitrogens with zero attached hydrogens (tertiary/aromatic N) is 1. The number of anilines is 1. The van der Waals surface area contributed by atoms with Gasteiger partial charge in [-0.25, -0.2) is 5.43 Å². The van der Waals surface area contributed by atoms with Gasteiger partial charge in [0.1, 0.15) is 6.61 Å². The van der Waals surface area contributed by atoms with Crippen molar-refractivity contribution in [2.75, 3.05) is 12.4 Å². The van der Waals surface area contributed by atoms with Crippen LogP contribution in [0.25, 0.3) is 0 Å². The molecule has 0 heterocycles. The molecule has 3 aromatic rings. The number of methoxy groups -OCH3 is 1. The molecule has 0 unspecified atom stereocenters. The highest BCUT2D eigenvalue weighted by atomic mass is 35.5.